The minimum atomic E-state index is 0.740. The fraction of sp³-hybridized carbons (Fsp3) is 0.385. The van der Waals surface area contributed by atoms with E-state index >= 15 is 0 Å². The zero-order chi connectivity index (χ0) is 18.2. The van der Waals surface area contributed by atoms with Crippen LogP contribution in [0.4, 0.5) is 0 Å². The van der Waals surface area contributed by atoms with Crippen LogP contribution in [-0.4, -0.2) is 0 Å². The molecule has 3 rings (SSSR count). The van der Waals surface area contributed by atoms with Gasteiger partial charge in [0.05, 0.1) is 0 Å². The Morgan fingerprint density at radius 3 is 2.04 bits per heavy atom. The lowest BCUT2D eigenvalue weighted by Gasteiger charge is -2.27. The van der Waals surface area contributed by atoms with E-state index in [9.17, 15) is 0 Å². The van der Waals surface area contributed by atoms with E-state index in [-0.39, 0.29) is 0 Å². The van der Waals surface area contributed by atoms with Crippen molar-refractivity contribution in [3.05, 3.63) is 84.5 Å². The third-order valence-corrected chi connectivity index (χ3v) is 5.80. The van der Waals surface area contributed by atoms with Crippen molar-refractivity contribution in [2.75, 3.05) is 0 Å². The maximum Gasteiger partial charge on any atom is -0.0162 e. The molecule has 0 aromatic heterocycles. The van der Waals surface area contributed by atoms with E-state index in [1.54, 1.807) is 0 Å². The van der Waals surface area contributed by atoms with Crippen LogP contribution in [0.2, 0.25) is 0 Å². The highest BCUT2D eigenvalue weighted by Gasteiger charge is 2.20. The molecule has 0 N–H and O–H groups in total. The topological polar surface area (TPSA) is 0 Å². The molecule has 0 heterocycles. The number of unbranched alkanes of at least 4 members (excludes halogenated alkanes) is 1. The van der Waals surface area contributed by atoms with Gasteiger partial charge in [-0.1, -0.05) is 73.7 Å². The van der Waals surface area contributed by atoms with Gasteiger partial charge in [-0.25, -0.2) is 0 Å². The van der Waals surface area contributed by atoms with E-state index in [1.165, 1.54) is 47.9 Å². The second-order valence-electron chi connectivity index (χ2n) is 7.58. The van der Waals surface area contributed by atoms with Gasteiger partial charge in [0, 0.05) is 0 Å². The van der Waals surface area contributed by atoms with E-state index < -0.39 is 0 Å². The predicted octanol–water partition coefficient (Wildman–Crippen LogP) is 7.71. The van der Waals surface area contributed by atoms with Gasteiger partial charge >= 0.3 is 0 Å². The quantitative estimate of drug-likeness (QED) is 0.356. The molecule has 136 valence electrons. The van der Waals surface area contributed by atoms with Gasteiger partial charge in [0.2, 0.25) is 0 Å². The summed E-state index contributed by atoms with van der Waals surface area (Å²) in [5.74, 6) is 1.52. The number of aryl methyl sites for hydroxylation is 1. The van der Waals surface area contributed by atoms with Crippen LogP contribution in [0.25, 0.3) is 11.1 Å². The van der Waals surface area contributed by atoms with Gasteiger partial charge in [0.1, 0.15) is 0 Å². The Bertz CT molecular complexity index is 695. The summed E-state index contributed by atoms with van der Waals surface area (Å²) < 4.78 is 0. The smallest absolute Gasteiger partial charge is 0.0162 e. The van der Waals surface area contributed by atoms with Crippen LogP contribution in [0.15, 0.2) is 73.3 Å². The minimum Gasteiger partial charge on any atom is -0.103 e. The fourth-order valence-electron chi connectivity index (χ4n) is 4.03. The van der Waals surface area contributed by atoms with Crippen molar-refractivity contribution in [3.63, 3.8) is 0 Å². The monoisotopic (exact) mass is 344 g/mol. The zero-order valence-electron chi connectivity index (χ0n) is 16.2. The van der Waals surface area contributed by atoms with Crippen LogP contribution in [0.3, 0.4) is 0 Å². The number of hydrogen-bond acceptors (Lipinski definition) is 0. The molecule has 0 amide bonds. The third-order valence-electron chi connectivity index (χ3n) is 5.80. The van der Waals surface area contributed by atoms with Crippen molar-refractivity contribution in [1.29, 1.82) is 0 Å². The van der Waals surface area contributed by atoms with E-state index in [0.717, 1.165) is 31.1 Å². The standard InChI is InChI=1S/C26H32/c1-3-5-6-7-8-22-11-15-24(16-12-22)26-19-17-25(18-20-26)23-13-9-21(4-2)10-14-23/h3,7-10,13-14,17-20,22,24H,1,4-6,11-12,15-16H2,2H3/b8-7+. The normalized spacial score (nSPS) is 20.3. The van der Waals surface area contributed by atoms with Crippen molar-refractivity contribution in [1.82, 2.24) is 0 Å². The fourth-order valence-corrected chi connectivity index (χ4v) is 4.03. The van der Waals surface area contributed by atoms with Crippen LogP contribution in [0.5, 0.6) is 0 Å². The molecule has 2 aromatic rings. The number of hydrogen-bond donors (Lipinski definition) is 0. The maximum absolute atomic E-state index is 3.79. The minimum absolute atomic E-state index is 0.740. The van der Waals surface area contributed by atoms with Crippen LogP contribution in [-0.2, 0) is 6.42 Å². The van der Waals surface area contributed by atoms with Gasteiger partial charge in [-0.3, -0.25) is 0 Å². The SMILES string of the molecule is C=CCC/C=C/C1CCC(c2ccc(-c3ccc(CC)cc3)cc2)CC1. The molecule has 0 unspecified atom stereocenters. The van der Waals surface area contributed by atoms with Crippen molar-refractivity contribution >= 4 is 0 Å². The second kappa shape index (κ2) is 9.57. The average Bonchev–Trinajstić information content (AvgIpc) is 2.72. The highest BCUT2D eigenvalue weighted by Crippen LogP contribution is 2.37. The lowest BCUT2D eigenvalue weighted by molar-refractivity contribution is 0.375. The van der Waals surface area contributed by atoms with Crippen LogP contribution < -0.4 is 0 Å². The lowest BCUT2D eigenvalue weighted by Crippen LogP contribution is -2.11. The highest BCUT2D eigenvalue weighted by molar-refractivity contribution is 5.64. The van der Waals surface area contributed by atoms with Crippen LogP contribution in [0.1, 0.15) is 62.5 Å². The molecule has 1 fully saturated rings. The molecule has 0 radical (unpaired) electrons. The summed E-state index contributed by atoms with van der Waals surface area (Å²) in [6.07, 6.45) is 15.4. The summed E-state index contributed by atoms with van der Waals surface area (Å²) in [7, 11) is 0. The molecule has 26 heavy (non-hydrogen) atoms. The lowest BCUT2D eigenvalue weighted by atomic mass is 9.78. The Balaban J connectivity index is 1.56. The van der Waals surface area contributed by atoms with Crippen molar-refractivity contribution in [2.45, 2.75) is 57.8 Å². The summed E-state index contributed by atoms with van der Waals surface area (Å²) in [5.41, 5.74) is 5.58. The molecule has 0 nitrogen and oxygen atoms in total. The molecule has 2 aromatic carbocycles. The number of benzene rings is 2. The Morgan fingerprint density at radius 2 is 1.46 bits per heavy atom. The van der Waals surface area contributed by atoms with Crippen LogP contribution >= 0.6 is 0 Å². The van der Waals surface area contributed by atoms with E-state index in [2.05, 4.69) is 74.2 Å². The summed E-state index contributed by atoms with van der Waals surface area (Å²) in [5, 5.41) is 0. The molecule has 0 aliphatic heterocycles. The van der Waals surface area contributed by atoms with E-state index in [0.29, 0.717) is 0 Å². The van der Waals surface area contributed by atoms with E-state index in [4.69, 9.17) is 0 Å². The molecular weight excluding hydrogens is 312 g/mol. The van der Waals surface area contributed by atoms with Gasteiger partial charge in [-0.05, 0) is 79.0 Å². The molecule has 0 bridgehead atoms. The Morgan fingerprint density at radius 1 is 0.846 bits per heavy atom. The Labute approximate surface area is 159 Å². The molecule has 1 aliphatic carbocycles. The molecule has 0 heteroatoms. The first-order valence-electron chi connectivity index (χ1n) is 10.3. The molecule has 1 aliphatic rings. The average molecular weight is 345 g/mol. The zero-order valence-corrected chi connectivity index (χ0v) is 16.2. The van der Waals surface area contributed by atoms with Crippen molar-refractivity contribution in [2.24, 2.45) is 5.92 Å². The summed E-state index contributed by atoms with van der Waals surface area (Å²) in [6.45, 7) is 5.99. The number of rotatable bonds is 7. The third kappa shape index (κ3) is 4.97. The first-order chi connectivity index (χ1) is 12.8. The van der Waals surface area contributed by atoms with Gasteiger partial charge < -0.3 is 0 Å². The maximum atomic E-state index is 3.79. The Hall–Kier alpha value is -2.08. The van der Waals surface area contributed by atoms with E-state index in [1.807, 2.05) is 6.08 Å². The van der Waals surface area contributed by atoms with Gasteiger partial charge in [-0.2, -0.15) is 0 Å². The van der Waals surface area contributed by atoms with Crippen molar-refractivity contribution < 1.29 is 0 Å². The molecular formula is C26H32. The first kappa shape index (κ1) is 18.7. The van der Waals surface area contributed by atoms with Gasteiger partial charge in [-0.15, -0.1) is 6.58 Å². The summed E-state index contributed by atoms with van der Waals surface area (Å²) >= 11 is 0. The predicted molar refractivity (Wildman–Crippen MR) is 115 cm³/mol. The first-order valence-corrected chi connectivity index (χ1v) is 10.3. The second-order valence-corrected chi connectivity index (χ2v) is 7.58. The van der Waals surface area contributed by atoms with Gasteiger partial charge in [0.15, 0.2) is 0 Å². The molecule has 0 saturated heterocycles. The largest absolute Gasteiger partial charge is 0.103 e. The van der Waals surface area contributed by atoms with Crippen molar-refractivity contribution in [3.8, 4) is 11.1 Å². The summed E-state index contributed by atoms with van der Waals surface area (Å²) in [4.78, 5) is 0. The van der Waals surface area contributed by atoms with Crippen LogP contribution in [0, 0.1) is 5.92 Å². The summed E-state index contributed by atoms with van der Waals surface area (Å²) in [6, 6.07) is 18.3. The molecule has 0 spiro atoms. The number of allylic oxidation sites excluding steroid dienone is 3. The molecule has 1 saturated carbocycles. The Kier molecular flexibility index (Phi) is 6.89. The molecule has 0 atom stereocenters. The highest BCUT2D eigenvalue weighted by atomic mass is 14.3. The van der Waals surface area contributed by atoms with Gasteiger partial charge in [0.25, 0.3) is 0 Å².